The van der Waals surface area contributed by atoms with Gasteiger partial charge in [-0.25, -0.2) is 9.78 Å². The Morgan fingerprint density at radius 3 is 2.50 bits per heavy atom. The number of anilines is 1. The standard InChI is InChI=1S/C15H20BFN2O5/c1-8-9(16-23-14(2,3)15(4,5)24-16)6-18-12-11(8)19(13(20)21)7-10(17)22-12/h6,10H,7H2,1-5H3,(H,20,21). The zero-order valence-electron chi connectivity index (χ0n) is 14.3. The highest BCUT2D eigenvalue weighted by Gasteiger charge is 2.52. The molecule has 1 saturated heterocycles. The second kappa shape index (κ2) is 5.32. The van der Waals surface area contributed by atoms with Crippen molar-refractivity contribution >= 4 is 24.4 Å². The lowest BCUT2D eigenvalue weighted by molar-refractivity contribution is 0.00578. The topological polar surface area (TPSA) is 81.1 Å². The first kappa shape index (κ1) is 17.0. The summed E-state index contributed by atoms with van der Waals surface area (Å²) in [6.07, 6.45) is -1.53. The van der Waals surface area contributed by atoms with Crippen LogP contribution in [0.15, 0.2) is 6.20 Å². The maximum atomic E-state index is 13.6. The fourth-order valence-corrected chi connectivity index (χ4v) is 2.76. The summed E-state index contributed by atoms with van der Waals surface area (Å²) < 4.78 is 30.6. The first-order valence-electron chi connectivity index (χ1n) is 7.70. The van der Waals surface area contributed by atoms with Gasteiger partial charge < -0.3 is 19.2 Å². The minimum atomic E-state index is -1.75. The van der Waals surface area contributed by atoms with Crippen molar-refractivity contribution in [1.29, 1.82) is 0 Å². The molecule has 2 aliphatic heterocycles. The van der Waals surface area contributed by atoms with Gasteiger partial charge in [-0.05, 0) is 40.2 Å². The molecule has 0 aromatic carbocycles. The molecule has 1 atom stereocenters. The summed E-state index contributed by atoms with van der Waals surface area (Å²) in [5.74, 6) is -0.0473. The van der Waals surface area contributed by atoms with Crippen LogP contribution in [-0.4, -0.2) is 47.4 Å². The molecule has 2 aliphatic rings. The molecule has 0 saturated carbocycles. The number of rotatable bonds is 1. The Morgan fingerprint density at radius 1 is 1.38 bits per heavy atom. The number of amides is 1. The molecule has 0 aliphatic carbocycles. The van der Waals surface area contributed by atoms with Gasteiger partial charge in [0.15, 0.2) is 0 Å². The second-order valence-electron chi connectivity index (χ2n) is 7.00. The van der Waals surface area contributed by atoms with Gasteiger partial charge >= 0.3 is 13.2 Å². The number of fused-ring (bicyclic) bond motifs is 1. The average Bonchev–Trinajstić information content (AvgIpc) is 2.66. The van der Waals surface area contributed by atoms with Crippen LogP contribution in [-0.2, 0) is 9.31 Å². The summed E-state index contributed by atoms with van der Waals surface area (Å²) in [4.78, 5) is 16.4. The third kappa shape index (κ3) is 2.52. The Morgan fingerprint density at radius 2 is 1.96 bits per heavy atom. The van der Waals surface area contributed by atoms with Crippen molar-refractivity contribution in [2.24, 2.45) is 0 Å². The number of carbonyl (C=O) groups is 1. The van der Waals surface area contributed by atoms with E-state index in [4.69, 9.17) is 14.0 Å². The highest BCUT2D eigenvalue weighted by atomic mass is 19.1. The molecule has 0 radical (unpaired) electrons. The van der Waals surface area contributed by atoms with Gasteiger partial charge in [0.2, 0.25) is 5.88 Å². The van der Waals surface area contributed by atoms with E-state index >= 15 is 0 Å². The zero-order chi connectivity index (χ0) is 17.9. The van der Waals surface area contributed by atoms with Crippen LogP contribution < -0.4 is 15.1 Å². The first-order valence-corrected chi connectivity index (χ1v) is 7.70. The highest BCUT2D eigenvalue weighted by molar-refractivity contribution is 6.62. The van der Waals surface area contributed by atoms with Crippen LogP contribution in [0.25, 0.3) is 0 Å². The molecule has 3 rings (SSSR count). The van der Waals surface area contributed by atoms with Crippen molar-refractivity contribution in [2.75, 3.05) is 11.4 Å². The van der Waals surface area contributed by atoms with Crippen LogP contribution in [0.2, 0.25) is 0 Å². The number of hydrogen-bond donors (Lipinski definition) is 1. The molecule has 1 unspecified atom stereocenters. The van der Waals surface area contributed by atoms with Gasteiger partial charge in [-0.15, -0.1) is 0 Å². The van der Waals surface area contributed by atoms with Gasteiger partial charge in [0.05, 0.1) is 17.7 Å². The third-order valence-corrected chi connectivity index (χ3v) is 4.89. The zero-order valence-corrected chi connectivity index (χ0v) is 14.3. The Balaban J connectivity index is 2.04. The molecule has 1 amide bonds. The number of nitrogens with zero attached hydrogens (tertiary/aromatic N) is 2. The first-order chi connectivity index (χ1) is 11.0. The molecule has 1 fully saturated rings. The maximum absolute atomic E-state index is 13.6. The molecular weight excluding hydrogens is 318 g/mol. The summed E-state index contributed by atoms with van der Waals surface area (Å²) in [5, 5.41) is 9.36. The third-order valence-electron chi connectivity index (χ3n) is 4.89. The van der Waals surface area contributed by atoms with E-state index in [1.54, 1.807) is 6.92 Å². The number of ether oxygens (including phenoxy) is 1. The van der Waals surface area contributed by atoms with Crippen molar-refractivity contribution < 1.29 is 28.3 Å². The van der Waals surface area contributed by atoms with Crippen LogP contribution in [0.3, 0.4) is 0 Å². The number of hydrogen-bond acceptors (Lipinski definition) is 5. The predicted octanol–water partition coefficient (Wildman–Crippen LogP) is 1.86. The molecule has 9 heteroatoms. The quantitative estimate of drug-likeness (QED) is 0.788. The fraction of sp³-hybridized carbons (Fsp3) is 0.600. The van der Waals surface area contributed by atoms with E-state index in [0.29, 0.717) is 11.0 Å². The van der Waals surface area contributed by atoms with Crippen molar-refractivity contribution in [3.8, 4) is 5.88 Å². The molecule has 1 aromatic rings. The number of aromatic nitrogens is 1. The van der Waals surface area contributed by atoms with Crippen LogP contribution in [0, 0.1) is 6.92 Å². The average molecular weight is 338 g/mol. The Hall–Kier alpha value is -1.87. The molecule has 3 heterocycles. The molecular formula is C15H20BFN2O5. The highest BCUT2D eigenvalue weighted by Crippen LogP contribution is 2.39. The molecule has 7 nitrogen and oxygen atoms in total. The number of pyridine rings is 1. The summed E-state index contributed by atoms with van der Waals surface area (Å²) in [6, 6.07) is 0. The minimum absolute atomic E-state index is 0.0473. The van der Waals surface area contributed by atoms with Gasteiger partial charge in [0, 0.05) is 11.7 Å². The van der Waals surface area contributed by atoms with Gasteiger partial charge in [0.1, 0.15) is 5.69 Å². The number of halogens is 1. The SMILES string of the molecule is Cc1c(B2OC(C)(C)C(C)(C)O2)cnc2c1N(C(=O)O)CC(F)O2. The van der Waals surface area contributed by atoms with Crippen LogP contribution in [0.4, 0.5) is 14.9 Å². The maximum Gasteiger partial charge on any atom is 0.496 e. The normalized spacial score (nSPS) is 24.5. The minimum Gasteiger partial charge on any atom is -0.465 e. The summed E-state index contributed by atoms with van der Waals surface area (Å²) in [7, 11) is -0.688. The van der Waals surface area contributed by atoms with Crippen molar-refractivity contribution in [3.05, 3.63) is 11.8 Å². The van der Waals surface area contributed by atoms with Crippen LogP contribution in [0.5, 0.6) is 5.88 Å². The molecule has 0 spiro atoms. The smallest absolute Gasteiger partial charge is 0.465 e. The van der Waals surface area contributed by atoms with Gasteiger partial charge in [0.25, 0.3) is 6.36 Å². The molecule has 1 aromatic heterocycles. The predicted molar refractivity (Wildman–Crippen MR) is 85.6 cm³/mol. The van der Waals surface area contributed by atoms with E-state index in [1.807, 2.05) is 27.7 Å². The van der Waals surface area contributed by atoms with E-state index < -0.39 is 37.3 Å². The van der Waals surface area contributed by atoms with E-state index in [0.717, 1.165) is 4.90 Å². The van der Waals surface area contributed by atoms with Gasteiger partial charge in [-0.1, -0.05) is 0 Å². The number of carboxylic acid groups (broad SMARTS) is 1. The molecule has 130 valence electrons. The van der Waals surface area contributed by atoms with E-state index in [2.05, 4.69) is 4.98 Å². The number of alkyl halides is 1. The van der Waals surface area contributed by atoms with E-state index in [1.165, 1.54) is 6.20 Å². The van der Waals surface area contributed by atoms with E-state index in [9.17, 15) is 14.3 Å². The Bertz CT molecular complexity index is 681. The van der Waals surface area contributed by atoms with Crippen molar-refractivity contribution in [3.63, 3.8) is 0 Å². The molecule has 1 N–H and O–H groups in total. The summed E-state index contributed by atoms with van der Waals surface area (Å²) in [5.41, 5.74) is 0.330. The van der Waals surface area contributed by atoms with Gasteiger partial charge in [-0.3, -0.25) is 4.90 Å². The lowest BCUT2D eigenvalue weighted by Crippen LogP contribution is -2.44. The summed E-state index contributed by atoms with van der Waals surface area (Å²) >= 11 is 0. The fourth-order valence-electron chi connectivity index (χ4n) is 2.76. The lowest BCUT2D eigenvalue weighted by atomic mass is 9.77. The largest absolute Gasteiger partial charge is 0.496 e. The summed E-state index contributed by atoms with van der Waals surface area (Å²) in [6.45, 7) is 9.02. The van der Waals surface area contributed by atoms with E-state index in [-0.39, 0.29) is 11.6 Å². The molecule has 24 heavy (non-hydrogen) atoms. The van der Waals surface area contributed by atoms with Gasteiger partial charge in [-0.2, -0.15) is 4.39 Å². The van der Waals surface area contributed by atoms with Crippen molar-refractivity contribution in [1.82, 2.24) is 4.98 Å². The second-order valence-corrected chi connectivity index (χ2v) is 7.00. The monoisotopic (exact) mass is 338 g/mol. The van der Waals surface area contributed by atoms with Crippen LogP contribution >= 0.6 is 0 Å². The molecule has 0 bridgehead atoms. The lowest BCUT2D eigenvalue weighted by Gasteiger charge is -2.32. The Labute approximate surface area is 139 Å². The van der Waals surface area contributed by atoms with Crippen molar-refractivity contribution in [2.45, 2.75) is 52.2 Å². The van der Waals surface area contributed by atoms with Crippen LogP contribution in [0.1, 0.15) is 33.3 Å². The Kier molecular flexibility index (Phi) is 3.76.